The summed E-state index contributed by atoms with van der Waals surface area (Å²) in [5.74, 6) is 0. The Morgan fingerprint density at radius 1 is 1.27 bits per heavy atom. The Hall–Kier alpha value is -0.900. The summed E-state index contributed by atoms with van der Waals surface area (Å²) in [5, 5.41) is 17.9. The predicted molar refractivity (Wildman–Crippen MR) is 58.4 cm³/mol. The van der Waals surface area contributed by atoms with Crippen LogP contribution in [0.25, 0.3) is 0 Å². The van der Waals surface area contributed by atoms with Crippen LogP contribution in [0.3, 0.4) is 0 Å². The third kappa shape index (κ3) is 4.93. The van der Waals surface area contributed by atoms with Gasteiger partial charge in [-0.05, 0) is 12.5 Å². The van der Waals surface area contributed by atoms with Crippen molar-refractivity contribution in [1.29, 1.82) is 0 Å². The summed E-state index contributed by atoms with van der Waals surface area (Å²) >= 11 is 0. The lowest BCUT2D eigenvalue weighted by Crippen LogP contribution is -2.20. The van der Waals surface area contributed by atoms with Crippen molar-refractivity contribution < 1.29 is 14.9 Å². The molecule has 0 amide bonds. The summed E-state index contributed by atoms with van der Waals surface area (Å²) in [4.78, 5) is 0. The maximum atomic E-state index is 9.20. The molecule has 0 spiro atoms. The number of hydrogen-bond donors (Lipinski definition) is 2. The summed E-state index contributed by atoms with van der Waals surface area (Å²) < 4.78 is 5.53. The molecule has 0 bridgehead atoms. The first-order valence-electron chi connectivity index (χ1n) is 5.17. The molecular weight excluding hydrogens is 192 g/mol. The SMILES string of the molecule is C[C@H](CC(O)CO)OCc1ccccc1. The maximum Gasteiger partial charge on any atom is 0.0795 e. The van der Waals surface area contributed by atoms with Gasteiger partial charge in [-0.25, -0.2) is 0 Å². The minimum absolute atomic E-state index is 0.0487. The fourth-order valence-corrected chi connectivity index (χ4v) is 1.34. The van der Waals surface area contributed by atoms with Gasteiger partial charge in [0.05, 0.1) is 25.4 Å². The van der Waals surface area contributed by atoms with E-state index in [1.54, 1.807) is 0 Å². The van der Waals surface area contributed by atoms with E-state index in [1.807, 2.05) is 37.3 Å². The molecule has 1 unspecified atom stereocenters. The van der Waals surface area contributed by atoms with E-state index in [0.717, 1.165) is 5.56 Å². The second-order valence-corrected chi connectivity index (χ2v) is 3.68. The van der Waals surface area contributed by atoms with Crippen molar-refractivity contribution in [3.63, 3.8) is 0 Å². The quantitative estimate of drug-likeness (QED) is 0.745. The lowest BCUT2D eigenvalue weighted by molar-refractivity contribution is -0.00107. The van der Waals surface area contributed by atoms with Crippen LogP contribution in [0.1, 0.15) is 18.9 Å². The first kappa shape index (κ1) is 12.2. The molecule has 1 rings (SSSR count). The third-order valence-electron chi connectivity index (χ3n) is 2.19. The Kier molecular flexibility index (Phi) is 5.32. The number of benzene rings is 1. The number of aliphatic hydroxyl groups is 2. The molecule has 0 aliphatic rings. The van der Waals surface area contributed by atoms with Gasteiger partial charge in [0.2, 0.25) is 0 Å². The van der Waals surface area contributed by atoms with Crippen molar-refractivity contribution >= 4 is 0 Å². The van der Waals surface area contributed by atoms with Crippen molar-refractivity contribution in [1.82, 2.24) is 0 Å². The van der Waals surface area contributed by atoms with E-state index in [2.05, 4.69) is 0 Å². The molecule has 0 heterocycles. The third-order valence-corrected chi connectivity index (χ3v) is 2.19. The molecule has 0 saturated heterocycles. The molecule has 0 aromatic heterocycles. The first-order chi connectivity index (χ1) is 7.22. The number of rotatable bonds is 6. The molecule has 0 fully saturated rings. The van der Waals surface area contributed by atoms with Crippen LogP contribution < -0.4 is 0 Å². The zero-order valence-corrected chi connectivity index (χ0v) is 8.97. The van der Waals surface area contributed by atoms with Gasteiger partial charge in [0.15, 0.2) is 0 Å². The minimum atomic E-state index is -0.684. The van der Waals surface area contributed by atoms with Gasteiger partial charge in [0.25, 0.3) is 0 Å². The molecule has 0 saturated carbocycles. The van der Waals surface area contributed by atoms with Crippen LogP contribution in [-0.2, 0) is 11.3 Å². The van der Waals surface area contributed by atoms with Gasteiger partial charge in [0.1, 0.15) is 0 Å². The molecular formula is C12H18O3. The van der Waals surface area contributed by atoms with E-state index in [-0.39, 0.29) is 12.7 Å². The largest absolute Gasteiger partial charge is 0.394 e. The van der Waals surface area contributed by atoms with Gasteiger partial charge < -0.3 is 14.9 Å². The summed E-state index contributed by atoms with van der Waals surface area (Å²) in [6.45, 7) is 2.22. The molecule has 3 nitrogen and oxygen atoms in total. The Bertz CT molecular complexity index is 261. The van der Waals surface area contributed by atoms with E-state index < -0.39 is 6.10 Å². The van der Waals surface area contributed by atoms with Crippen molar-refractivity contribution in [2.24, 2.45) is 0 Å². The Balaban J connectivity index is 2.25. The van der Waals surface area contributed by atoms with E-state index in [1.165, 1.54) is 0 Å². The lowest BCUT2D eigenvalue weighted by atomic mass is 10.2. The van der Waals surface area contributed by atoms with Crippen LogP contribution in [0.2, 0.25) is 0 Å². The van der Waals surface area contributed by atoms with Crippen LogP contribution in [-0.4, -0.2) is 29.0 Å². The van der Waals surface area contributed by atoms with E-state index >= 15 is 0 Å². The minimum Gasteiger partial charge on any atom is -0.394 e. The number of aliphatic hydroxyl groups excluding tert-OH is 2. The Morgan fingerprint density at radius 2 is 1.93 bits per heavy atom. The molecule has 3 heteroatoms. The zero-order chi connectivity index (χ0) is 11.1. The first-order valence-corrected chi connectivity index (χ1v) is 5.17. The van der Waals surface area contributed by atoms with Crippen LogP contribution in [0.4, 0.5) is 0 Å². The van der Waals surface area contributed by atoms with E-state index in [4.69, 9.17) is 9.84 Å². The number of ether oxygens (including phenoxy) is 1. The highest BCUT2D eigenvalue weighted by Gasteiger charge is 2.09. The van der Waals surface area contributed by atoms with Crippen molar-refractivity contribution in [2.45, 2.75) is 32.2 Å². The van der Waals surface area contributed by atoms with Crippen LogP contribution in [0.5, 0.6) is 0 Å². The van der Waals surface area contributed by atoms with Gasteiger partial charge >= 0.3 is 0 Å². The molecule has 0 aliphatic heterocycles. The van der Waals surface area contributed by atoms with Crippen LogP contribution >= 0.6 is 0 Å². The van der Waals surface area contributed by atoms with Crippen molar-refractivity contribution in [3.05, 3.63) is 35.9 Å². The second kappa shape index (κ2) is 6.56. The summed E-state index contributed by atoms with van der Waals surface area (Å²) in [5.41, 5.74) is 1.11. The molecule has 2 atom stereocenters. The highest BCUT2D eigenvalue weighted by Crippen LogP contribution is 2.07. The van der Waals surface area contributed by atoms with Gasteiger partial charge in [-0.2, -0.15) is 0 Å². The maximum absolute atomic E-state index is 9.20. The fraction of sp³-hybridized carbons (Fsp3) is 0.500. The van der Waals surface area contributed by atoms with Crippen molar-refractivity contribution in [3.8, 4) is 0 Å². The molecule has 15 heavy (non-hydrogen) atoms. The standard InChI is InChI=1S/C12H18O3/c1-10(7-12(14)8-13)15-9-11-5-3-2-4-6-11/h2-6,10,12-14H,7-9H2,1H3/t10-,12?/m1/s1. The predicted octanol–water partition coefficient (Wildman–Crippen LogP) is 1.33. The average Bonchev–Trinajstić information content (AvgIpc) is 2.27. The Labute approximate surface area is 90.3 Å². The lowest BCUT2D eigenvalue weighted by Gasteiger charge is -2.15. The summed E-state index contributed by atoms with van der Waals surface area (Å²) in [6.07, 6.45) is -0.272. The smallest absolute Gasteiger partial charge is 0.0795 e. The van der Waals surface area contributed by atoms with Crippen LogP contribution in [0, 0.1) is 0 Å². The molecule has 0 aliphatic carbocycles. The molecule has 84 valence electrons. The highest BCUT2D eigenvalue weighted by molar-refractivity contribution is 5.13. The van der Waals surface area contributed by atoms with E-state index in [0.29, 0.717) is 13.0 Å². The molecule has 1 aromatic rings. The second-order valence-electron chi connectivity index (χ2n) is 3.68. The normalized spacial score (nSPS) is 14.9. The highest BCUT2D eigenvalue weighted by atomic mass is 16.5. The monoisotopic (exact) mass is 210 g/mol. The van der Waals surface area contributed by atoms with Crippen LogP contribution in [0.15, 0.2) is 30.3 Å². The van der Waals surface area contributed by atoms with Crippen molar-refractivity contribution in [2.75, 3.05) is 6.61 Å². The molecule has 0 radical (unpaired) electrons. The topological polar surface area (TPSA) is 49.7 Å². The van der Waals surface area contributed by atoms with Gasteiger partial charge in [-0.3, -0.25) is 0 Å². The summed E-state index contributed by atoms with van der Waals surface area (Å²) in [6, 6.07) is 9.88. The fourth-order valence-electron chi connectivity index (χ4n) is 1.34. The van der Waals surface area contributed by atoms with E-state index in [9.17, 15) is 5.11 Å². The molecule has 1 aromatic carbocycles. The average molecular weight is 210 g/mol. The summed E-state index contributed by atoms with van der Waals surface area (Å²) in [7, 11) is 0. The zero-order valence-electron chi connectivity index (χ0n) is 8.97. The van der Waals surface area contributed by atoms with Gasteiger partial charge in [0, 0.05) is 6.42 Å². The van der Waals surface area contributed by atoms with Gasteiger partial charge in [-0.15, -0.1) is 0 Å². The Morgan fingerprint density at radius 3 is 2.53 bits per heavy atom. The van der Waals surface area contributed by atoms with Gasteiger partial charge in [-0.1, -0.05) is 30.3 Å². The number of hydrogen-bond acceptors (Lipinski definition) is 3. The molecule has 2 N–H and O–H groups in total.